The van der Waals surface area contributed by atoms with Gasteiger partial charge in [0, 0.05) is 31.2 Å². The monoisotopic (exact) mass is 372 g/mol. The highest BCUT2D eigenvalue weighted by molar-refractivity contribution is 6.31. The molecule has 1 fully saturated rings. The Labute approximate surface area is 156 Å². The average molecular weight is 373 g/mol. The number of aromatic nitrogens is 4. The van der Waals surface area contributed by atoms with Crippen molar-refractivity contribution in [2.45, 2.75) is 6.92 Å². The van der Waals surface area contributed by atoms with Gasteiger partial charge in [-0.15, -0.1) is 0 Å². The summed E-state index contributed by atoms with van der Waals surface area (Å²) in [7, 11) is 0. The highest BCUT2D eigenvalue weighted by Crippen LogP contribution is 2.24. The molecule has 0 bridgehead atoms. The van der Waals surface area contributed by atoms with E-state index in [1.165, 1.54) is 0 Å². The van der Waals surface area contributed by atoms with E-state index in [9.17, 15) is 0 Å². The van der Waals surface area contributed by atoms with E-state index in [4.69, 9.17) is 16.3 Å². The summed E-state index contributed by atoms with van der Waals surface area (Å²) >= 11 is 6.26. The Hall–Kier alpha value is -2.22. The van der Waals surface area contributed by atoms with Gasteiger partial charge in [-0.3, -0.25) is 4.90 Å². The van der Waals surface area contributed by atoms with Crippen LogP contribution in [0.3, 0.4) is 0 Å². The summed E-state index contributed by atoms with van der Waals surface area (Å²) in [6, 6.07) is 5.87. The second-order valence-electron chi connectivity index (χ2n) is 6.33. The SMILES string of the molecule is Cc1ccc(-n2ncc3c(NCCN4CCOCC4)ncnc32)cc1Cl. The van der Waals surface area contributed by atoms with Gasteiger partial charge >= 0.3 is 0 Å². The number of nitrogens with one attached hydrogen (secondary N) is 1. The zero-order valence-electron chi connectivity index (χ0n) is 14.7. The maximum Gasteiger partial charge on any atom is 0.168 e. The Morgan fingerprint density at radius 1 is 1.23 bits per heavy atom. The van der Waals surface area contributed by atoms with Crippen LogP contribution in [0, 0.1) is 6.92 Å². The Morgan fingerprint density at radius 2 is 2.08 bits per heavy atom. The maximum absolute atomic E-state index is 6.26. The van der Waals surface area contributed by atoms with Gasteiger partial charge in [0.2, 0.25) is 0 Å². The van der Waals surface area contributed by atoms with Crippen molar-refractivity contribution in [3.05, 3.63) is 41.3 Å². The number of rotatable bonds is 5. The molecule has 0 unspecified atom stereocenters. The largest absolute Gasteiger partial charge is 0.379 e. The van der Waals surface area contributed by atoms with Gasteiger partial charge in [-0.1, -0.05) is 17.7 Å². The van der Waals surface area contributed by atoms with Crippen LogP contribution in [0.4, 0.5) is 5.82 Å². The number of ether oxygens (including phenoxy) is 1. The highest BCUT2D eigenvalue weighted by atomic mass is 35.5. The molecule has 0 radical (unpaired) electrons. The lowest BCUT2D eigenvalue weighted by atomic mass is 10.2. The van der Waals surface area contributed by atoms with Crippen molar-refractivity contribution in [3.63, 3.8) is 0 Å². The van der Waals surface area contributed by atoms with Crippen molar-refractivity contribution in [2.75, 3.05) is 44.7 Å². The lowest BCUT2D eigenvalue weighted by Crippen LogP contribution is -2.39. The van der Waals surface area contributed by atoms with Crippen LogP contribution >= 0.6 is 11.6 Å². The molecule has 8 heteroatoms. The summed E-state index contributed by atoms with van der Waals surface area (Å²) in [6.45, 7) is 7.32. The molecule has 1 aromatic carbocycles. The van der Waals surface area contributed by atoms with Crippen LogP contribution in [0.5, 0.6) is 0 Å². The first kappa shape index (κ1) is 17.2. The lowest BCUT2D eigenvalue weighted by Gasteiger charge is -2.26. The minimum atomic E-state index is 0.712. The van der Waals surface area contributed by atoms with E-state index in [-0.39, 0.29) is 0 Å². The van der Waals surface area contributed by atoms with Gasteiger partial charge in [-0.2, -0.15) is 5.10 Å². The molecule has 0 saturated carbocycles. The normalized spacial score (nSPS) is 15.5. The van der Waals surface area contributed by atoms with E-state index in [0.29, 0.717) is 5.02 Å². The predicted octanol–water partition coefficient (Wildman–Crippen LogP) is 2.52. The van der Waals surface area contributed by atoms with Crippen LogP contribution in [-0.2, 0) is 4.74 Å². The van der Waals surface area contributed by atoms with E-state index in [0.717, 1.165) is 67.5 Å². The zero-order chi connectivity index (χ0) is 17.9. The number of hydrogen-bond donors (Lipinski definition) is 1. The van der Waals surface area contributed by atoms with E-state index in [1.54, 1.807) is 17.2 Å². The van der Waals surface area contributed by atoms with Gasteiger partial charge in [0.1, 0.15) is 12.1 Å². The summed E-state index contributed by atoms with van der Waals surface area (Å²) in [6.07, 6.45) is 3.35. The van der Waals surface area contributed by atoms with Crippen molar-refractivity contribution < 1.29 is 4.74 Å². The first-order valence-electron chi connectivity index (χ1n) is 8.71. The average Bonchev–Trinajstić information content (AvgIpc) is 3.10. The fraction of sp³-hybridized carbons (Fsp3) is 0.389. The smallest absolute Gasteiger partial charge is 0.168 e. The summed E-state index contributed by atoms with van der Waals surface area (Å²) in [5.74, 6) is 0.799. The molecule has 1 aliphatic heterocycles. The van der Waals surface area contributed by atoms with Crippen molar-refractivity contribution in [1.29, 1.82) is 0 Å². The third kappa shape index (κ3) is 3.51. The van der Waals surface area contributed by atoms with E-state index >= 15 is 0 Å². The molecule has 1 saturated heterocycles. The van der Waals surface area contributed by atoms with Crippen LogP contribution in [0.2, 0.25) is 5.02 Å². The van der Waals surface area contributed by atoms with Crippen molar-refractivity contribution in [3.8, 4) is 5.69 Å². The molecule has 0 atom stereocenters. The number of fused-ring (bicyclic) bond motifs is 1. The summed E-state index contributed by atoms with van der Waals surface area (Å²) in [4.78, 5) is 11.2. The molecule has 3 heterocycles. The van der Waals surface area contributed by atoms with Crippen LogP contribution < -0.4 is 5.32 Å². The molecule has 7 nitrogen and oxygen atoms in total. The quantitative estimate of drug-likeness (QED) is 0.742. The van der Waals surface area contributed by atoms with Gasteiger partial charge in [-0.05, 0) is 24.6 Å². The molecule has 0 aliphatic carbocycles. The molecule has 1 aliphatic rings. The van der Waals surface area contributed by atoms with Crippen molar-refractivity contribution >= 4 is 28.5 Å². The molecule has 3 aromatic rings. The zero-order valence-corrected chi connectivity index (χ0v) is 15.4. The second kappa shape index (κ2) is 7.57. The fourth-order valence-electron chi connectivity index (χ4n) is 3.04. The van der Waals surface area contributed by atoms with E-state index in [2.05, 4.69) is 25.3 Å². The molecule has 1 N–H and O–H groups in total. The summed E-state index contributed by atoms with van der Waals surface area (Å²) in [5.41, 5.74) is 2.68. The molecular weight excluding hydrogens is 352 g/mol. The fourth-order valence-corrected chi connectivity index (χ4v) is 3.22. The van der Waals surface area contributed by atoms with Crippen LogP contribution in [0.15, 0.2) is 30.7 Å². The van der Waals surface area contributed by atoms with Crippen LogP contribution in [-0.4, -0.2) is 64.0 Å². The molecule has 4 rings (SSSR count). The number of aryl methyl sites for hydroxylation is 1. The number of anilines is 1. The summed E-state index contributed by atoms with van der Waals surface area (Å²) < 4.78 is 7.17. The van der Waals surface area contributed by atoms with Gasteiger partial charge in [0.25, 0.3) is 0 Å². The Bertz CT molecular complexity index is 906. The van der Waals surface area contributed by atoms with Crippen molar-refractivity contribution in [2.24, 2.45) is 0 Å². The number of hydrogen-bond acceptors (Lipinski definition) is 6. The van der Waals surface area contributed by atoms with Gasteiger partial charge in [0.15, 0.2) is 5.65 Å². The summed E-state index contributed by atoms with van der Waals surface area (Å²) in [5, 5.41) is 9.50. The molecule has 136 valence electrons. The number of nitrogens with zero attached hydrogens (tertiary/aromatic N) is 5. The molecule has 2 aromatic heterocycles. The molecular formula is C18H21ClN6O. The van der Waals surface area contributed by atoms with Gasteiger partial charge in [-0.25, -0.2) is 14.6 Å². The maximum atomic E-state index is 6.26. The third-order valence-electron chi connectivity index (χ3n) is 4.59. The van der Waals surface area contributed by atoms with Crippen LogP contribution in [0.25, 0.3) is 16.7 Å². The Kier molecular flexibility index (Phi) is 5.01. The first-order valence-corrected chi connectivity index (χ1v) is 9.09. The minimum absolute atomic E-state index is 0.712. The van der Waals surface area contributed by atoms with Gasteiger partial charge < -0.3 is 10.1 Å². The number of halogens is 1. The standard InChI is InChI=1S/C18H21ClN6O/c1-13-2-3-14(10-16(13)19)25-18-15(11-23-25)17(21-12-22-18)20-4-5-24-6-8-26-9-7-24/h2-3,10-12H,4-9H2,1H3,(H,20,21,22). The Morgan fingerprint density at radius 3 is 2.88 bits per heavy atom. The van der Waals surface area contributed by atoms with Crippen molar-refractivity contribution in [1.82, 2.24) is 24.6 Å². The highest BCUT2D eigenvalue weighted by Gasteiger charge is 2.13. The number of benzene rings is 1. The lowest BCUT2D eigenvalue weighted by molar-refractivity contribution is 0.0398. The number of morpholine rings is 1. The Balaban J connectivity index is 1.53. The second-order valence-corrected chi connectivity index (χ2v) is 6.74. The van der Waals surface area contributed by atoms with E-state index < -0.39 is 0 Å². The third-order valence-corrected chi connectivity index (χ3v) is 5.00. The van der Waals surface area contributed by atoms with E-state index in [1.807, 2.05) is 25.1 Å². The predicted molar refractivity (Wildman–Crippen MR) is 102 cm³/mol. The molecule has 0 spiro atoms. The molecule has 26 heavy (non-hydrogen) atoms. The first-order chi connectivity index (χ1) is 12.7. The molecule has 0 amide bonds. The van der Waals surface area contributed by atoms with Crippen LogP contribution in [0.1, 0.15) is 5.56 Å². The topological polar surface area (TPSA) is 68.1 Å². The minimum Gasteiger partial charge on any atom is -0.379 e. The van der Waals surface area contributed by atoms with Gasteiger partial charge in [0.05, 0.1) is 30.5 Å².